The van der Waals surface area contributed by atoms with E-state index in [0.29, 0.717) is 17.5 Å². The van der Waals surface area contributed by atoms with Gasteiger partial charge in [0.2, 0.25) is 5.91 Å². The van der Waals surface area contributed by atoms with Gasteiger partial charge >= 0.3 is 0 Å². The third kappa shape index (κ3) is 3.58. The fourth-order valence-electron chi connectivity index (χ4n) is 4.07. The summed E-state index contributed by atoms with van der Waals surface area (Å²) in [5.74, 6) is 0.441. The van der Waals surface area contributed by atoms with Crippen LogP contribution in [0.1, 0.15) is 62.2 Å². The zero-order chi connectivity index (χ0) is 17.5. The first kappa shape index (κ1) is 16.6. The van der Waals surface area contributed by atoms with Gasteiger partial charge in [-0.25, -0.2) is 0 Å². The molecule has 6 heteroatoms. The number of nitrogens with zero attached hydrogens (tertiary/aromatic N) is 2. The van der Waals surface area contributed by atoms with Crippen molar-refractivity contribution in [2.45, 2.75) is 58.4 Å². The van der Waals surface area contributed by atoms with Crippen molar-refractivity contribution in [3.05, 3.63) is 18.0 Å². The van der Waals surface area contributed by atoms with Crippen LogP contribution in [0.15, 0.2) is 12.4 Å². The summed E-state index contributed by atoms with van der Waals surface area (Å²) in [4.78, 5) is 24.3. The number of carbonyl (C=O) groups excluding carboxylic acids is 2. The lowest BCUT2D eigenvalue weighted by atomic mass is 9.71. The second-order valence-electron chi connectivity index (χ2n) is 8.41. The van der Waals surface area contributed by atoms with Crippen molar-refractivity contribution in [3.8, 4) is 0 Å². The van der Waals surface area contributed by atoms with Crippen molar-refractivity contribution in [2.24, 2.45) is 16.7 Å². The fraction of sp³-hybridized carbons (Fsp3) is 0.737. The van der Waals surface area contributed by atoms with Gasteiger partial charge in [-0.3, -0.25) is 14.3 Å². The Morgan fingerprint density at radius 1 is 1.24 bits per heavy atom. The van der Waals surface area contributed by atoms with Gasteiger partial charge in [-0.2, -0.15) is 5.10 Å². The van der Waals surface area contributed by atoms with Gasteiger partial charge < -0.3 is 10.6 Å². The second kappa shape index (κ2) is 6.15. The molecule has 0 unspecified atom stereocenters. The SMILES string of the molecule is CCn1cc(C(=O)NCC2(CCNC(=O)C3CC4(CC4)C3)CC2)cn1. The molecule has 0 aliphatic heterocycles. The highest BCUT2D eigenvalue weighted by molar-refractivity contribution is 5.93. The molecule has 0 radical (unpaired) electrons. The van der Waals surface area contributed by atoms with Crippen LogP contribution in [0.25, 0.3) is 0 Å². The predicted molar refractivity (Wildman–Crippen MR) is 93.9 cm³/mol. The quantitative estimate of drug-likeness (QED) is 0.758. The minimum atomic E-state index is -0.0563. The number of amides is 2. The lowest BCUT2D eigenvalue weighted by Gasteiger charge is -2.34. The summed E-state index contributed by atoms with van der Waals surface area (Å²) >= 11 is 0. The van der Waals surface area contributed by atoms with Crippen LogP contribution in [0.4, 0.5) is 0 Å². The molecule has 1 aromatic rings. The zero-order valence-electron chi connectivity index (χ0n) is 15.0. The highest BCUT2D eigenvalue weighted by Gasteiger charge is 2.54. The van der Waals surface area contributed by atoms with Gasteiger partial charge in [0.05, 0.1) is 11.8 Å². The van der Waals surface area contributed by atoms with Gasteiger partial charge in [-0.05, 0) is 62.7 Å². The third-order valence-electron chi connectivity index (χ3n) is 6.44. The standard InChI is InChI=1S/C19H28N4O2/c1-2-23-12-15(11-22-23)17(25)21-13-18(3-4-18)7-8-20-16(24)14-9-19(10-14)5-6-19/h11-12,14H,2-10,13H2,1H3,(H,20,24)(H,21,25). The Bertz CT molecular complexity index is 665. The van der Waals surface area contributed by atoms with Crippen LogP contribution >= 0.6 is 0 Å². The van der Waals surface area contributed by atoms with E-state index in [-0.39, 0.29) is 23.1 Å². The van der Waals surface area contributed by atoms with E-state index in [0.717, 1.165) is 45.2 Å². The Balaban J connectivity index is 1.16. The van der Waals surface area contributed by atoms with Crippen molar-refractivity contribution < 1.29 is 9.59 Å². The molecule has 1 heterocycles. The van der Waals surface area contributed by atoms with E-state index in [1.165, 1.54) is 12.8 Å². The van der Waals surface area contributed by atoms with Gasteiger partial charge in [0.1, 0.15) is 0 Å². The maximum absolute atomic E-state index is 12.2. The molecule has 4 rings (SSSR count). The molecule has 2 N–H and O–H groups in total. The van der Waals surface area contributed by atoms with Crippen LogP contribution in [-0.2, 0) is 11.3 Å². The van der Waals surface area contributed by atoms with Crippen LogP contribution in [-0.4, -0.2) is 34.7 Å². The minimum Gasteiger partial charge on any atom is -0.356 e. The molecule has 1 aromatic heterocycles. The first-order valence-corrected chi connectivity index (χ1v) is 9.62. The van der Waals surface area contributed by atoms with Crippen molar-refractivity contribution in [1.29, 1.82) is 0 Å². The molecule has 25 heavy (non-hydrogen) atoms. The number of aryl methyl sites for hydroxylation is 1. The molecule has 1 spiro atoms. The maximum Gasteiger partial charge on any atom is 0.254 e. The van der Waals surface area contributed by atoms with E-state index in [1.807, 2.05) is 6.92 Å². The summed E-state index contributed by atoms with van der Waals surface area (Å²) < 4.78 is 1.75. The van der Waals surface area contributed by atoms with E-state index in [1.54, 1.807) is 17.1 Å². The van der Waals surface area contributed by atoms with Crippen LogP contribution in [0.2, 0.25) is 0 Å². The van der Waals surface area contributed by atoms with E-state index >= 15 is 0 Å². The molecule has 3 saturated carbocycles. The zero-order valence-corrected chi connectivity index (χ0v) is 15.0. The Labute approximate surface area is 148 Å². The fourth-order valence-corrected chi connectivity index (χ4v) is 4.07. The van der Waals surface area contributed by atoms with E-state index in [4.69, 9.17) is 0 Å². The topological polar surface area (TPSA) is 76.0 Å². The Kier molecular flexibility index (Phi) is 4.08. The van der Waals surface area contributed by atoms with Crippen molar-refractivity contribution in [3.63, 3.8) is 0 Å². The Morgan fingerprint density at radius 2 is 2.00 bits per heavy atom. The van der Waals surface area contributed by atoms with Gasteiger partial charge in [-0.1, -0.05) is 0 Å². The van der Waals surface area contributed by atoms with Gasteiger partial charge in [-0.15, -0.1) is 0 Å². The van der Waals surface area contributed by atoms with Gasteiger partial charge in [0.25, 0.3) is 5.91 Å². The van der Waals surface area contributed by atoms with Crippen LogP contribution in [0.5, 0.6) is 0 Å². The molecule has 3 fully saturated rings. The number of hydrogen-bond acceptors (Lipinski definition) is 3. The third-order valence-corrected chi connectivity index (χ3v) is 6.44. The normalized spacial score (nSPS) is 22.3. The van der Waals surface area contributed by atoms with E-state index in [2.05, 4.69) is 15.7 Å². The van der Waals surface area contributed by atoms with E-state index < -0.39 is 0 Å². The number of aromatic nitrogens is 2. The summed E-state index contributed by atoms with van der Waals surface area (Å²) in [6, 6.07) is 0. The molecule has 3 aliphatic rings. The van der Waals surface area contributed by atoms with Crippen LogP contribution < -0.4 is 10.6 Å². The Hall–Kier alpha value is -1.85. The molecule has 6 nitrogen and oxygen atoms in total. The number of hydrogen-bond donors (Lipinski definition) is 2. The second-order valence-corrected chi connectivity index (χ2v) is 8.41. The average Bonchev–Trinajstić information content (AvgIpc) is 3.48. The lowest BCUT2D eigenvalue weighted by molar-refractivity contribution is -0.129. The summed E-state index contributed by atoms with van der Waals surface area (Å²) in [6.07, 6.45) is 11.5. The first-order valence-electron chi connectivity index (χ1n) is 9.62. The highest BCUT2D eigenvalue weighted by Crippen LogP contribution is 2.63. The van der Waals surface area contributed by atoms with Crippen LogP contribution in [0.3, 0.4) is 0 Å². The maximum atomic E-state index is 12.2. The van der Waals surface area contributed by atoms with Gasteiger partial charge in [0, 0.05) is 31.7 Å². The molecule has 0 atom stereocenters. The largest absolute Gasteiger partial charge is 0.356 e. The molecule has 3 aliphatic carbocycles. The van der Waals surface area contributed by atoms with E-state index in [9.17, 15) is 9.59 Å². The summed E-state index contributed by atoms with van der Waals surface area (Å²) in [5.41, 5.74) is 1.38. The molecular formula is C19H28N4O2. The Morgan fingerprint density at radius 3 is 2.60 bits per heavy atom. The average molecular weight is 344 g/mol. The predicted octanol–water partition coefficient (Wildman–Crippen LogP) is 2.11. The van der Waals surface area contributed by atoms with Crippen molar-refractivity contribution in [1.82, 2.24) is 20.4 Å². The first-order chi connectivity index (χ1) is 12.0. The molecule has 0 aromatic carbocycles. The minimum absolute atomic E-state index is 0.0563. The van der Waals surface area contributed by atoms with Gasteiger partial charge in [0.15, 0.2) is 0 Å². The summed E-state index contributed by atoms with van der Waals surface area (Å²) in [5, 5.41) is 10.3. The number of carbonyl (C=O) groups is 2. The number of nitrogens with one attached hydrogen (secondary N) is 2. The summed E-state index contributed by atoms with van der Waals surface area (Å²) in [6.45, 7) is 4.17. The lowest BCUT2D eigenvalue weighted by Crippen LogP contribution is -2.41. The van der Waals surface area contributed by atoms with Crippen LogP contribution in [0, 0.1) is 16.7 Å². The molecular weight excluding hydrogens is 316 g/mol. The highest BCUT2D eigenvalue weighted by atomic mass is 16.2. The number of rotatable bonds is 8. The monoisotopic (exact) mass is 344 g/mol. The smallest absolute Gasteiger partial charge is 0.254 e. The molecule has 2 amide bonds. The molecule has 0 saturated heterocycles. The molecule has 136 valence electrons. The summed E-state index contributed by atoms with van der Waals surface area (Å²) in [7, 11) is 0. The van der Waals surface area contributed by atoms with Crippen molar-refractivity contribution in [2.75, 3.05) is 13.1 Å². The van der Waals surface area contributed by atoms with Crippen molar-refractivity contribution >= 4 is 11.8 Å². The molecule has 0 bridgehead atoms.